The first-order chi connectivity index (χ1) is 7.41. The Balaban J connectivity index is -0.000000216. The Labute approximate surface area is 135 Å². The summed E-state index contributed by atoms with van der Waals surface area (Å²) in [6.07, 6.45) is 9.45. The minimum Gasteiger partial charge on any atom is -0.343 e. The molecule has 0 aromatic heterocycles. The third-order valence-corrected chi connectivity index (χ3v) is 2.21. The first-order valence-electron chi connectivity index (χ1n) is 6.12. The molecule has 0 spiro atoms. The molecule has 0 bridgehead atoms. The molecule has 0 saturated carbocycles. The van der Waals surface area contributed by atoms with Gasteiger partial charge in [-0.15, -0.1) is 17.0 Å². The molecule has 0 radical (unpaired) electrons. The molecule has 0 nitrogen and oxygen atoms in total. The van der Waals surface area contributed by atoms with Crippen LogP contribution >= 0.6 is 17.0 Å². The second-order valence-corrected chi connectivity index (χ2v) is 3.70. The Morgan fingerprint density at radius 1 is 0.882 bits per heavy atom. The van der Waals surface area contributed by atoms with Crippen LogP contribution in [0.2, 0.25) is 0 Å². The molecule has 17 heavy (non-hydrogen) atoms. The van der Waals surface area contributed by atoms with Gasteiger partial charge in [0.15, 0.2) is 0 Å². The van der Waals surface area contributed by atoms with Crippen LogP contribution in [0.1, 0.15) is 51.9 Å². The Morgan fingerprint density at radius 3 is 1.76 bits per heavy atom. The Morgan fingerprint density at radius 2 is 1.41 bits per heavy atom. The Kier molecular flexibility index (Phi) is 28.9. The van der Waals surface area contributed by atoms with Gasteiger partial charge in [0.05, 0.1) is 0 Å². The van der Waals surface area contributed by atoms with Gasteiger partial charge in [0, 0.05) is 0 Å². The third-order valence-electron chi connectivity index (χ3n) is 2.21. The van der Waals surface area contributed by atoms with Crippen LogP contribution in [0, 0.1) is 13.0 Å². The van der Waals surface area contributed by atoms with Crippen LogP contribution in [0.3, 0.4) is 0 Å². The van der Waals surface area contributed by atoms with Crippen LogP contribution in [0.4, 0.5) is 0 Å². The number of benzene rings is 1. The molecule has 0 atom stereocenters. The summed E-state index contributed by atoms with van der Waals surface area (Å²) in [6, 6.07) is 12.5. The van der Waals surface area contributed by atoms with Crippen molar-refractivity contribution in [1.29, 1.82) is 0 Å². The molecule has 0 aliphatic heterocycles. The van der Waals surface area contributed by atoms with E-state index in [1.54, 1.807) is 0 Å². The number of rotatable bonds is 6. The molecule has 1 aromatic carbocycles. The van der Waals surface area contributed by atoms with Gasteiger partial charge in [-0.25, -0.2) is 0 Å². The predicted octanol–water partition coefficient (Wildman–Crippen LogP) is 5.25. The molecule has 1 rings (SSSR count). The smallest absolute Gasteiger partial charge is 0.343 e. The minimum absolute atomic E-state index is 0. The first-order valence-corrected chi connectivity index (χ1v) is 6.12. The maximum Gasteiger partial charge on any atom is 2.00 e. The van der Waals surface area contributed by atoms with Gasteiger partial charge in [0.2, 0.25) is 0 Å². The van der Waals surface area contributed by atoms with E-state index in [9.17, 15) is 0 Å². The molecule has 0 unspecified atom stereocenters. The maximum absolute atomic E-state index is 3.80. The molecule has 0 fully saturated rings. The summed E-state index contributed by atoms with van der Waals surface area (Å²) in [5, 5.41) is 0. The van der Waals surface area contributed by atoms with Crippen molar-refractivity contribution in [1.82, 2.24) is 0 Å². The standard InChI is InChI=1S/C9H19.C6H5.BrH.Mg/c1-3-5-7-9-8-6-4-2;1-2-4-6-5-3-1;;/h1,3-9H2,2H3;1-5H;1H;/q2*-1;;+2. The molecular weight excluding hydrogens is 284 g/mol. The summed E-state index contributed by atoms with van der Waals surface area (Å²) in [7, 11) is 0. The largest absolute Gasteiger partial charge is 2.00 e. The molecule has 0 saturated heterocycles. The minimum atomic E-state index is 0. The Hall–Kier alpha value is 0.466. The number of unbranched alkanes of at least 4 members (excludes halogenated alkanes) is 6. The molecule has 1 aromatic rings. The maximum atomic E-state index is 3.80. The van der Waals surface area contributed by atoms with Gasteiger partial charge in [-0.3, -0.25) is 0 Å². The third kappa shape index (κ3) is 22.2. The molecule has 0 heterocycles. The van der Waals surface area contributed by atoms with E-state index in [1.807, 2.05) is 30.3 Å². The van der Waals surface area contributed by atoms with E-state index in [-0.39, 0.29) is 40.0 Å². The molecule has 94 valence electrons. The van der Waals surface area contributed by atoms with Crippen LogP contribution in [-0.2, 0) is 0 Å². The van der Waals surface area contributed by atoms with Gasteiger partial charge >= 0.3 is 23.1 Å². The van der Waals surface area contributed by atoms with Gasteiger partial charge < -0.3 is 6.92 Å². The van der Waals surface area contributed by atoms with Crippen LogP contribution in [0.25, 0.3) is 0 Å². The first kappa shape index (κ1) is 22.6. The van der Waals surface area contributed by atoms with Gasteiger partial charge in [-0.2, -0.15) is 42.8 Å². The van der Waals surface area contributed by atoms with Gasteiger partial charge in [-0.1, -0.05) is 45.4 Å². The van der Waals surface area contributed by atoms with Crippen molar-refractivity contribution in [2.24, 2.45) is 0 Å². The van der Waals surface area contributed by atoms with Gasteiger partial charge in [-0.05, 0) is 0 Å². The fraction of sp³-hybridized carbons (Fsp3) is 0.533. The van der Waals surface area contributed by atoms with Crippen molar-refractivity contribution in [2.45, 2.75) is 51.9 Å². The molecule has 0 amide bonds. The molecular formula is C15H25BrMg. The second-order valence-electron chi connectivity index (χ2n) is 3.70. The number of halogens is 1. The van der Waals surface area contributed by atoms with Crippen molar-refractivity contribution < 1.29 is 0 Å². The van der Waals surface area contributed by atoms with Crippen LogP contribution in [0.15, 0.2) is 30.3 Å². The van der Waals surface area contributed by atoms with Crippen LogP contribution in [0.5, 0.6) is 0 Å². The fourth-order valence-corrected chi connectivity index (χ4v) is 1.30. The van der Waals surface area contributed by atoms with Crippen molar-refractivity contribution in [3.63, 3.8) is 0 Å². The summed E-state index contributed by atoms with van der Waals surface area (Å²) in [5.74, 6) is 0. The molecule has 2 heteroatoms. The summed E-state index contributed by atoms with van der Waals surface area (Å²) >= 11 is 0. The topological polar surface area (TPSA) is 0 Å². The zero-order valence-electron chi connectivity index (χ0n) is 11.2. The van der Waals surface area contributed by atoms with Crippen molar-refractivity contribution in [3.8, 4) is 0 Å². The summed E-state index contributed by atoms with van der Waals surface area (Å²) in [4.78, 5) is 0. The van der Waals surface area contributed by atoms with E-state index >= 15 is 0 Å². The zero-order chi connectivity index (χ0) is 11.2. The van der Waals surface area contributed by atoms with E-state index in [1.165, 1.54) is 38.5 Å². The van der Waals surface area contributed by atoms with E-state index < -0.39 is 0 Å². The summed E-state index contributed by atoms with van der Waals surface area (Å²) in [6.45, 7) is 6.05. The molecule has 0 N–H and O–H groups in total. The van der Waals surface area contributed by atoms with Crippen molar-refractivity contribution >= 4 is 40.0 Å². The summed E-state index contributed by atoms with van der Waals surface area (Å²) < 4.78 is 0. The summed E-state index contributed by atoms with van der Waals surface area (Å²) in [5.41, 5.74) is 0. The van der Waals surface area contributed by atoms with E-state index in [4.69, 9.17) is 0 Å². The average Bonchev–Trinajstić information content (AvgIpc) is 2.32. The van der Waals surface area contributed by atoms with E-state index in [2.05, 4.69) is 19.9 Å². The van der Waals surface area contributed by atoms with Gasteiger partial charge in [0.1, 0.15) is 0 Å². The van der Waals surface area contributed by atoms with E-state index in [0.29, 0.717) is 0 Å². The normalized spacial score (nSPS) is 8.12. The fourth-order valence-electron chi connectivity index (χ4n) is 1.30. The molecule has 0 aliphatic carbocycles. The van der Waals surface area contributed by atoms with Gasteiger partial charge in [0.25, 0.3) is 0 Å². The quantitative estimate of drug-likeness (QED) is 0.382. The van der Waals surface area contributed by atoms with E-state index in [0.717, 1.165) is 6.42 Å². The van der Waals surface area contributed by atoms with Crippen molar-refractivity contribution in [3.05, 3.63) is 43.3 Å². The predicted molar refractivity (Wildman–Crippen MR) is 84.7 cm³/mol. The SMILES string of the molecule is Br.[CH2-]CCCCCCCC.[Mg+2].[c-]1ccccc1. The molecule has 0 aliphatic rings. The Bertz CT molecular complexity index is 157. The van der Waals surface area contributed by atoms with Crippen molar-refractivity contribution in [2.75, 3.05) is 0 Å². The monoisotopic (exact) mass is 308 g/mol. The average molecular weight is 310 g/mol. The number of hydrogen-bond donors (Lipinski definition) is 0. The van der Waals surface area contributed by atoms with Crippen LogP contribution < -0.4 is 0 Å². The second kappa shape index (κ2) is 21.7. The zero-order valence-corrected chi connectivity index (χ0v) is 14.3. The van der Waals surface area contributed by atoms with Crippen LogP contribution in [-0.4, -0.2) is 23.1 Å². The number of hydrogen-bond acceptors (Lipinski definition) is 0.